The molecule has 7 nitrogen and oxygen atoms in total. The predicted molar refractivity (Wildman–Crippen MR) is 119 cm³/mol. The Bertz CT molecular complexity index is 1500. The number of carbonyl (C=O) groups excluding carboxylic acids is 1. The Labute approximate surface area is 191 Å². The molecule has 0 amide bonds. The standard InChI is InChI=1S/C25H15ClO7/c26-14-4-1-12(2-5-14)16-10-30-25-22-15(13-3-6-18-19(7-13)32-11-31-18)8-21(28)33-20(22)9-17(27)23(25)24(16)29/h1-7,9-10,15,27H,8,11H2. The monoisotopic (exact) mass is 462 g/mol. The van der Waals surface area contributed by atoms with E-state index in [0.29, 0.717) is 27.6 Å². The van der Waals surface area contributed by atoms with Crippen LogP contribution < -0.4 is 19.6 Å². The maximum Gasteiger partial charge on any atom is 0.312 e. The van der Waals surface area contributed by atoms with Gasteiger partial charge in [0, 0.05) is 22.6 Å². The minimum Gasteiger partial charge on any atom is -0.507 e. The highest BCUT2D eigenvalue weighted by Crippen LogP contribution is 2.47. The number of benzene rings is 3. The van der Waals surface area contributed by atoms with Crippen LogP contribution in [0.4, 0.5) is 0 Å². The van der Waals surface area contributed by atoms with Gasteiger partial charge in [0.25, 0.3) is 0 Å². The van der Waals surface area contributed by atoms with Crippen LogP contribution in [0.5, 0.6) is 23.0 Å². The zero-order chi connectivity index (χ0) is 22.7. The molecule has 164 valence electrons. The van der Waals surface area contributed by atoms with Gasteiger partial charge in [-0.3, -0.25) is 9.59 Å². The molecule has 0 saturated heterocycles. The first-order valence-electron chi connectivity index (χ1n) is 10.2. The highest BCUT2D eigenvalue weighted by Gasteiger charge is 2.34. The van der Waals surface area contributed by atoms with E-state index in [1.54, 1.807) is 36.4 Å². The maximum atomic E-state index is 13.4. The third-order valence-electron chi connectivity index (χ3n) is 5.92. The molecule has 0 radical (unpaired) electrons. The minimum absolute atomic E-state index is 0.0184. The Balaban J connectivity index is 1.58. The van der Waals surface area contributed by atoms with Gasteiger partial charge in [0.2, 0.25) is 12.2 Å². The molecular formula is C25H15ClO7. The summed E-state index contributed by atoms with van der Waals surface area (Å²) in [4.78, 5) is 25.7. The van der Waals surface area contributed by atoms with E-state index in [2.05, 4.69) is 0 Å². The fourth-order valence-corrected chi connectivity index (χ4v) is 4.50. The van der Waals surface area contributed by atoms with E-state index in [0.717, 1.165) is 5.56 Å². The zero-order valence-electron chi connectivity index (χ0n) is 17.0. The Hall–Kier alpha value is -3.97. The third-order valence-corrected chi connectivity index (χ3v) is 6.18. The molecule has 0 spiro atoms. The molecule has 2 aliphatic heterocycles. The highest BCUT2D eigenvalue weighted by molar-refractivity contribution is 6.30. The molecule has 1 unspecified atom stereocenters. The van der Waals surface area contributed by atoms with Crippen LogP contribution in [-0.2, 0) is 4.79 Å². The van der Waals surface area contributed by atoms with Crippen LogP contribution in [0, 0.1) is 0 Å². The Morgan fingerprint density at radius 3 is 2.55 bits per heavy atom. The average molecular weight is 463 g/mol. The van der Waals surface area contributed by atoms with E-state index in [1.807, 2.05) is 6.07 Å². The van der Waals surface area contributed by atoms with Crippen molar-refractivity contribution in [2.75, 3.05) is 6.79 Å². The second kappa shape index (κ2) is 7.28. The molecule has 6 rings (SSSR count). The summed E-state index contributed by atoms with van der Waals surface area (Å²) in [6.07, 6.45) is 1.38. The number of esters is 1. The topological polar surface area (TPSA) is 95.2 Å². The molecule has 0 fully saturated rings. The molecule has 3 heterocycles. The smallest absolute Gasteiger partial charge is 0.312 e. The molecule has 4 aromatic rings. The van der Waals surface area contributed by atoms with E-state index < -0.39 is 17.3 Å². The second-order valence-electron chi connectivity index (χ2n) is 7.84. The van der Waals surface area contributed by atoms with Gasteiger partial charge in [-0.2, -0.15) is 0 Å². The third kappa shape index (κ3) is 3.12. The van der Waals surface area contributed by atoms with Gasteiger partial charge in [-0.15, -0.1) is 0 Å². The van der Waals surface area contributed by atoms with Gasteiger partial charge in [0.1, 0.15) is 28.7 Å². The van der Waals surface area contributed by atoms with Gasteiger partial charge in [-0.25, -0.2) is 0 Å². The fourth-order valence-electron chi connectivity index (χ4n) is 4.38. The number of phenolic OH excluding ortho intramolecular Hbond substituents is 1. The largest absolute Gasteiger partial charge is 0.507 e. The van der Waals surface area contributed by atoms with Crippen LogP contribution in [-0.4, -0.2) is 17.9 Å². The second-order valence-corrected chi connectivity index (χ2v) is 8.28. The molecule has 1 aromatic heterocycles. The average Bonchev–Trinajstić information content (AvgIpc) is 3.27. The van der Waals surface area contributed by atoms with Crippen LogP contribution in [0.3, 0.4) is 0 Å². The molecule has 2 aliphatic rings. The van der Waals surface area contributed by atoms with Crippen molar-refractivity contribution in [3.05, 3.63) is 81.2 Å². The normalized spacial score (nSPS) is 16.5. The van der Waals surface area contributed by atoms with Crippen molar-refractivity contribution in [1.29, 1.82) is 0 Å². The lowest BCUT2D eigenvalue weighted by Crippen LogP contribution is -2.22. The molecule has 8 heteroatoms. The van der Waals surface area contributed by atoms with Crippen molar-refractivity contribution >= 4 is 28.5 Å². The zero-order valence-corrected chi connectivity index (χ0v) is 17.7. The van der Waals surface area contributed by atoms with Gasteiger partial charge in [0.15, 0.2) is 11.5 Å². The number of hydrogen-bond acceptors (Lipinski definition) is 7. The molecular weight excluding hydrogens is 448 g/mol. The number of aromatic hydroxyl groups is 1. The molecule has 3 aromatic carbocycles. The van der Waals surface area contributed by atoms with Crippen LogP contribution in [0.1, 0.15) is 23.5 Å². The highest BCUT2D eigenvalue weighted by atomic mass is 35.5. The lowest BCUT2D eigenvalue weighted by Gasteiger charge is -2.26. The van der Waals surface area contributed by atoms with Crippen LogP contribution >= 0.6 is 11.6 Å². The van der Waals surface area contributed by atoms with Crippen molar-refractivity contribution in [1.82, 2.24) is 0 Å². The predicted octanol–water partition coefficient (Wildman–Crippen LogP) is 4.99. The van der Waals surface area contributed by atoms with E-state index in [9.17, 15) is 14.7 Å². The molecule has 33 heavy (non-hydrogen) atoms. The fraction of sp³-hybridized carbons (Fsp3) is 0.120. The summed E-state index contributed by atoms with van der Waals surface area (Å²) in [6, 6.07) is 13.4. The summed E-state index contributed by atoms with van der Waals surface area (Å²) in [5.41, 5.74) is 1.94. The molecule has 0 saturated carbocycles. The summed E-state index contributed by atoms with van der Waals surface area (Å²) in [7, 11) is 0. The van der Waals surface area contributed by atoms with Crippen LogP contribution in [0.2, 0.25) is 5.02 Å². The van der Waals surface area contributed by atoms with E-state index >= 15 is 0 Å². The quantitative estimate of drug-likeness (QED) is 0.331. The van der Waals surface area contributed by atoms with Crippen LogP contribution in [0.15, 0.2) is 64.0 Å². The number of ether oxygens (including phenoxy) is 3. The number of halogens is 1. The van der Waals surface area contributed by atoms with Crippen molar-refractivity contribution < 1.29 is 28.5 Å². The van der Waals surface area contributed by atoms with Gasteiger partial charge in [0.05, 0.1) is 12.0 Å². The summed E-state index contributed by atoms with van der Waals surface area (Å²) < 4.78 is 22.2. The molecule has 0 aliphatic carbocycles. The number of rotatable bonds is 2. The summed E-state index contributed by atoms with van der Waals surface area (Å²) in [5, 5.41) is 11.2. The first-order valence-corrected chi connectivity index (χ1v) is 10.5. The number of carbonyl (C=O) groups is 1. The van der Waals surface area contributed by atoms with Gasteiger partial charge in [-0.1, -0.05) is 29.8 Å². The molecule has 1 atom stereocenters. The van der Waals surface area contributed by atoms with Crippen molar-refractivity contribution in [2.45, 2.75) is 12.3 Å². The van der Waals surface area contributed by atoms with Gasteiger partial charge in [-0.05, 0) is 35.4 Å². The van der Waals surface area contributed by atoms with Gasteiger partial charge >= 0.3 is 5.97 Å². The first kappa shape index (κ1) is 19.7. The summed E-state index contributed by atoms with van der Waals surface area (Å²) in [6.45, 7) is 0.126. The Morgan fingerprint density at radius 2 is 1.73 bits per heavy atom. The van der Waals surface area contributed by atoms with E-state index in [4.69, 9.17) is 30.2 Å². The summed E-state index contributed by atoms with van der Waals surface area (Å²) >= 11 is 5.96. The Kier molecular flexibility index (Phi) is 4.35. The summed E-state index contributed by atoms with van der Waals surface area (Å²) in [5.74, 6) is 0.0933. The number of hydrogen-bond donors (Lipinski definition) is 1. The van der Waals surface area contributed by atoms with Gasteiger partial charge < -0.3 is 23.7 Å². The number of fused-ring (bicyclic) bond motifs is 4. The molecule has 1 N–H and O–H groups in total. The van der Waals surface area contributed by atoms with E-state index in [-0.39, 0.29) is 41.2 Å². The van der Waals surface area contributed by atoms with Crippen molar-refractivity contribution in [3.63, 3.8) is 0 Å². The van der Waals surface area contributed by atoms with E-state index in [1.165, 1.54) is 12.3 Å². The SMILES string of the molecule is O=C1CC(c2ccc3c(c2)OCO3)c2c(cc(O)c3c(=O)c(-c4ccc(Cl)cc4)coc23)O1. The number of phenols is 1. The maximum absolute atomic E-state index is 13.4. The van der Waals surface area contributed by atoms with Crippen molar-refractivity contribution in [2.24, 2.45) is 0 Å². The minimum atomic E-state index is -0.469. The lowest BCUT2D eigenvalue weighted by molar-refractivity contribution is -0.135. The first-order chi connectivity index (χ1) is 16.0. The van der Waals surface area contributed by atoms with Crippen molar-refractivity contribution in [3.8, 4) is 34.1 Å². The molecule has 0 bridgehead atoms. The van der Waals surface area contributed by atoms with Crippen LogP contribution in [0.25, 0.3) is 22.1 Å². The lowest BCUT2D eigenvalue weighted by atomic mass is 9.84. The Morgan fingerprint density at radius 1 is 0.939 bits per heavy atom.